The molecule has 0 aromatic rings. The molecule has 0 spiro atoms. The van der Waals surface area contributed by atoms with E-state index in [2.05, 4.69) is 0 Å². The highest BCUT2D eigenvalue weighted by Gasteiger charge is 2.33. The first kappa shape index (κ1) is 13.1. The predicted molar refractivity (Wildman–Crippen MR) is 54.9 cm³/mol. The van der Waals surface area contributed by atoms with E-state index in [-0.39, 0.29) is 6.61 Å². The van der Waals surface area contributed by atoms with Gasteiger partial charge in [-0.25, -0.2) is 4.39 Å². The molecular weight excluding hydrogens is 187 g/mol. The molecule has 1 N–H and O–H groups in total. The summed E-state index contributed by atoms with van der Waals surface area (Å²) in [4.78, 5) is 0. The van der Waals surface area contributed by atoms with Crippen LogP contribution < -0.4 is 0 Å². The fourth-order valence-corrected chi connectivity index (χ4v) is 2.93. The summed E-state index contributed by atoms with van der Waals surface area (Å²) >= 11 is 0. The first-order valence-corrected chi connectivity index (χ1v) is 7.92. The van der Waals surface area contributed by atoms with Gasteiger partial charge in [-0.3, -0.25) is 0 Å². The van der Waals surface area contributed by atoms with Crippen molar-refractivity contribution in [3.63, 3.8) is 0 Å². The van der Waals surface area contributed by atoms with Gasteiger partial charge in [0, 0.05) is 13.2 Å². The van der Waals surface area contributed by atoms with E-state index in [1.165, 1.54) is 0 Å². The van der Waals surface area contributed by atoms with Crippen LogP contribution in [0.1, 0.15) is 26.2 Å². The number of rotatable bonds is 7. The Labute approximate surface area is 81.2 Å². The summed E-state index contributed by atoms with van der Waals surface area (Å²) in [6.45, 7) is 6.37. The molecule has 0 aliphatic carbocycles. The van der Waals surface area contributed by atoms with Crippen LogP contribution in [0.25, 0.3) is 0 Å². The van der Waals surface area contributed by atoms with Crippen LogP contribution in [0.2, 0.25) is 13.1 Å². The molecule has 0 aliphatic rings. The Morgan fingerprint density at radius 1 is 1.46 bits per heavy atom. The van der Waals surface area contributed by atoms with Gasteiger partial charge in [-0.1, -0.05) is 13.3 Å². The van der Waals surface area contributed by atoms with Crippen LogP contribution in [0.4, 0.5) is 4.39 Å². The van der Waals surface area contributed by atoms with E-state index in [0.717, 1.165) is 6.42 Å². The summed E-state index contributed by atoms with van der Waals surface area (Å²) in [6.07, 6.45) is 2.06. The van der Waals surface area contributed by atoms with E-state index < -0.39 is 14.1 Å². The fourth-order valence-electron chi connectivity index (χ4n) is 1.09. The second kappa shape index (κ2) is 6.51. The van der Waals surface area contributed by atoms with Gasteiger partial charge in [-0.05, 0) is 25.9 Å². The van der Waals surface area contributed by atoms with Gasteiger partial charge in [0.05, 0.1) is 0 Å². The highest BCUT2D eigenvalue weighted by molar-refractivity contribution is 6.72. The van der Waals surface area contributed by atoms with Crippen molar-refractivity contribution in [3.05, 3.63) is 0 Å². The number of hydrogen-bond acceptors (Lipinski definition) is 2. The zero-order valence-electron chi connectivity index (χ0n) is 8.85. The molecule has 2 nitrogen and oxygen atoms in total. The average Bonchev–Trinajstić information content (AvgIpc) is 2.05. The Hall–Kier alpha value is 0.0669. The van der Waals surface area contributed by atoms with Gasteiger partial charge in [0.2, 0.25) is 8.32 Å². The van der Waals surface area contributed by atoms with Gasteiger partial charge in [0.15, 0.2) is 0 Å². The molecule has 0 heterocycles. The molecule has 0 saturated heterocycles. The number of aliphatic hydroxyl groups excluding tert-OH is 1. The third-order valence-electron chi connectivity index (χ3n) is 2.07. The molecule has 0 radical (unpaired) electrons. The lowest BCUT2D eigenvalue weighted by molar-refractivity contribution is 0.213. The van der Waals surface area contributed by atoms with Gasteiger partial charge >= 0.3 is 0 Å². The van der Waals surface area contributed by atoms with Crippen molar-refractivity contribution < 1.29 is 13.9 Å². The van der Waals surface area contributed by atoms with Crippen molar-refractivity contribution in [2.45, 2.75) is 45.1 Å². The van der Waals surface area contributed by atoms with Gasteiger partial charge in [-0.2, -0.15) is 0 Å². The first-order chi connectivity index (χ1) is 6.04. The molecule has 0 fully saturated rings. The molecule has 0 bridgehead atoms. The zero-order chi connectivity index (χ0) is 10.3. The van der Waals surface area contributed by atoms with Crippen LogP contribution in [-0.2, 0) is 4.43 Å². The molecule has 80 valence electrons. The summed E-state index contributed by atoms with van der Waals surface area (Å²) in [6, 6.07) is 0. The highest BCUT2D eigenvalue weighted by atomic mass is 28.4. The number of hydrogen-bond donors (Lipinski definition) is 1. The molecule has 0 rings (SSSR count). The third kappa shape index (κ3) is 5.39. The van der Waals surface area contributed by atoms with E-state index >= 15 is 0 Å². The van der Waals surface area contributed by atoms with Crippen molar-refractivity contribution in [3.8, 4) is 0 Å². The first-order valence-electron chi connectivity index (χ1n) is 4.93. The minimum atomic E-state index is -2.14. The Kier molecular flexibility index (Phi) is 6.54. The summed E-state index contributed by atoms with van der Waals surface area (Å²) in [5, 5.41) is 8.55. The van der Waals surface area contributed by atoms with Crippen molar-refractivity contribution in [1.29, 1.82) is 0 Å². The normalized spacial score (nSPS) is 14.5. The van der Waals surface area contributed by atoms with Gasteiger partial charge in [0.25, 0.3) is 0 Å². The Morgan fingerprint density at radius 2 is 2.08 bits per heavy atom. The van der Waals surface area contributed by atoms with Crippen LogP contribution in [0.3, 0.4) is 0 Å². The van der Waals surface area contributed by atoms with Crippen molar-refractivity contribution in [1.82, 2.24) is 0 Å². The van der Waals surface area contributed by atoms with Crippen LogP contribution in [0, 0.1) is 0 Å². The largest absolute Gasteiger partial charge is 0.414 e. The minimum Gasteiger partial charge on any atom is -0.414 e. The van der Waals surface area contributed by atoms with Crippen LogP contribution in [0.15, 0.2) is 0 Å². The highest BCUT2D eigenvalue weighted by Crippen LogP contribution is 2.18. The molecule has 0 aliphatic heterocycles. The maximum atomic E-state index is 13.5. The number of halogens is 1. The fraction of sp³-hybridized carbons (Fsp3) is 1.00. The predicted octanol–water partition coefficient (Wildman–Crippen LogP) is 2.27. The smallest absolute Gasteiger partial charge is 0.221 e. The molecule has 1 atom stereocenters. The lowest BCUT2D eigenvalue weighted by Gasteiger charge is -2.26. The van der Waals surface area contributed by atoms with Crippen molar-refractivity contribution in [2.75, 3.05) is 13.2 Å². The zero-order valence-corrected chi connectivity index (χ0v) is 9.85. The van der Waals surface area contributed by atoms with Crippen LogP contribution in [-0.4, -0.2) is 32.4 Å². The third-order valence-corrected chi connectivity index (χ3v) is 4.82. The lowest BCUT2D eigenvalue weighted by atomic mass is 10.4. The summed E-state index contributed by atoms with van der Waals surface area (Å²) in [5.74, 6) is -0.781. The monoisotopic (exact) mass is 208 g/mol. The van der Waals surface area contributed by atoms with E-state index in [9.17, 15) is 4.39 Å². The Bertz CT molecular complexity index is 131. The quantitative estimate of drug-likeness (QED) is 0.514. The van der Waals surface area contributed by atoms with E-state index in [4.69, 9.17) is 9.53 Å². The number of aliphatic hydroxyl groups is 1. The Balaban J connectivity index is 3.76. The molecule has 0 aromatic heterocycles. The van der Waals surface area contributed by atoms with E-state index in [1.807, 2.05) is 20.0 Å². The summed E-state index contributed by atoms with van der Waals surface area (Å²) in [5.41, 5.74) is 0. The minimum absolute atomic E-state index is 0.120. The second-order valence-electron chi connectivity index (χ2n) is 3.79. The molecule has 4 heteroatoms. The topological polar surface area (TPSA) is 29.5 Å². The molecular formula is C9H21FO2Si. The maximum absolute atomic E-state index is 13.5. The van der Waals surface area contributed by atoms with Crippen LogP contribution in [0.5, 0.6) is 0 Å². The van der Waals surface area contributed by atoms with Gasteiger partial charge < -0.3 is 9.53 Å². The molecule has 13 heavy (non-hydrogen) atoms. The van der Waals surface area contributed by atoms with Crippen molar-refractivity contribution in [2.24, 2.45) is 0 Å². The lowest BCUT2D eigenvalue weighted by Crippen LogP contribution is -2.42. The SMILES string of the molecule is CCCC(F)[Si](C)(C)OCCCO. The Morgan fingerprint density at radius 3 is 2.54 bits per heavy atom. The van der Waals surface area contributed by atoms with Crippen LogP contribution >= 0.6 is 0 Å². The molecule has 0 saturated carbocycles. The second-order valence-corrected chi connectivity index (χ2v) is 7.91. The van der Waals surface area contributed by atoms with Gasteiger partial charge in [-0.15, -0.1) is 0 Å². The average molecular weight is 208 g/mol. The van der Waals surface area contributed by atoms with E-state index in [0.29, 0.717) is 19.4 Å². The van der Waals surface area contributed by atoms with Gasteiger partial charge in [0.1, 0.15) is 5.79 Å². The number of alkyl halides is 1. The molecule has 1 unspecified atom stereocenters. The molecule has 0 aromatic carbocycles. The maximum Gasteiger partial charge on any atom is 0.221 e. The summed E-state index contributed by atoms with van der Waals surface area (Å²) < 4.78 is 19.0. The van der Waals surface area contributed by atoms with Crippen molar-refractivity contribution >= 4 is 8.32 Å². The summed E-state index contributed by atoms with van der Waals surface area (Å²) in [7, 11) is -2.14. The molecule has 0 amide bonds. The van der Waals surface area contributed by atoms with E-state index in [1.54, 1.807) is 0 Å². The standard InChI is InChI=1S/C9H21FO2Si/c1-4-6-9(10)13(2,3)12-8-5-7-11/h9,11H,4-8H2,1-3H3.